The molecule has 1 aromatic rings. The summed E-state index contributed by atoms with van der Waals surface area (Å²) in [7, 11) is 0. The first-order chi connectivity index (χ1) is 12.0. The topological polar surface area (TPSA) is 61.9 Å². The van der Waals surface area contributed by atoms with Gasteiger partial charge in [-0.2, -0.15) is 0 Å². The number of halogens is 2. The van der Waals surface area contributed by atoms with Crippen LogP contribution in [0.15, 0.2) is 18.2 Å². The van der Waals surface area contributed by atoms with E-state index in [1.54, 1.807) is 23.1 Å². The molecule has 1 unspecified atom stereocenters. The maximum atomic E-state index is 12.4. The van der Waals surface area contributed by atoms with Gasteiger partial charge in [-0.25, -0.2) is 0 Å². The first kappa shape index (κ1) is 18.5. The summed E-state index contributed by atoms with van der Waals surface area (Å²) in [5.41, 5.74) is 0.558. The predicted molar refractivity (Wildman–Crippen MR) is 97.2 cm³/mol. The van der Waals surface area contributed by atoms with Crippen LogP contribution in [0, 0.1) is 5.92 Å². The van der Waals surface area contributed by atoms with E-state index >= 15 is 0 Å². The number of rotatable bonds is 5. The number of nitrogens with zero attached hydrogens (tertiary/aromatic N) is 2. The lowest BCUT2D eigenvalue weighted by Crippen LogP contribution is -2.42. The number of morpholine rings is 1. The molecule has 8 heteroatoms. The highest BCUT2D eigenvalue weighted by Crippen LogP contribution is 2.33. The van der Waals surface area contributed by atoms with Crippen molar-refractivity contribution in [1.82, 2.24) is 10.2 Å². The number of anilines is 1. The highest BCUT2D eigenvalue weighted by molar-refractivity contribution is 6.35. The predicted octanol–water partition coefficient (Wildman–Crippen LogP) is 1.79. The first-order valence-corrected chi connectivity index (χ1v) is 9.13. The molecule has 1 N–H and O–H groups in total. The standard InChI is InChI=1S/C17H21Cl2N3O3/c18-13-1-2-14(19)15(10-13)22-11-12(9-16(22)23)17(24)20-3-4-21-5-7-25-8-6-21/h1-2,10,12H,3-9,11H2,(H,20,24). The second-order valence-electron chi connectivity index (χ2n) is 6.25. The van der Waals surface area contributed by atoms with Gasteiger partial charge in [-0.15, -0.1) is 0 Å². The number of carbonyl (C=O) groups is 2. The number of hydrogen-bond acceptors (Lipinski definition) is 4. The molecule has 2 fully saturated rings. The monoisotopic (exact) mass is 385 g/mol. The third-order valence-corrected chi connectivity index (χ3v) is 5.08. The summed E-state index contributed by atoms with van der Waals surface area (Å²) in [5, 5.41) is 3.89. The molecule has 2 aliphatic heterocycles. The molecule has 1 atom stereocenters. The van der Waals surface area contributed by atoms with Crippen molar-refractivity contribution in [3.63, 3.8) is 0 Å². The third-order valence-electron chi connectivity index (χ3n) is 4.53. The summed E-state index contributed by atoms with van der Waals surface area (Å²) in [4.78, 5) is 28.5. The zero-order valence-electron chi connectivity index (χ0n) is 13.8. The van der Waals surface area contributed by atoms with Crippen LogP contribution in [0.2, 0.25) is 10.0 Å². The number of benzene rings is 1. The van der Waals surface area contributed by atoms with Gasteiger partial charge in [0.2, 0.25) is 11.8 Å². The molecule has 6 nitrogen and oxygen atoms in total. The number of ether oxygens (including phenoxy) is 1. The van der Waals surface area contributed by atoms with Crippen LogP contribution < -0.4 is 10.2 Å². The van der Waals surface area contributed by atoms with Gasteiger partial charge >= 0.3 is 0 Å². The van der Waals surface area contributed by atoms with Crippen molar-refractivity contribution in [3.05, 3.63) is 28.2 Å². The fraction of sp³-hybridized carbons (Fsp3) is 0.529. The SMILES string of the molecule is O=C(NCCN1CCOCC1)C1CC(=O)N(c2cc(Cl)ccc2Cl)C1. The molecule has 0 aromatic heterocycles. The summed E-state index contributed by atoms with van der Waals surface area (Å²) in [5.74, 6) is -0.577. The van der Waals surface area contributed by atoms with Gasteiger partial charge in [0.05, 0.1) is 29.8 Å². The summed E-state index contributed by atoms with van der Waals surface area (Å²) in [6.07, 6.45) is 0.187. The molecule has 2 saturated heterocycles. The highest BCUT2D eigenvalue weighted by atomic mass is 35.5. The van der Waals surface area contributed by atoms with Crippen LogP contribution in [0.25, 0.3) is 0 Å². The largest absolute Gasteiger partial charge is 0.379 e. The normalized spacial score (nSPS) is 21.6. The van der Waals surface area contributed by atoms with Crippen LogP contribution in [0.4, 0.5) is 5.69 Å². The van der Waals surface area contributed by atoms with E-state index < -0.39 is 0 Å². The van der Waals surface area contributed by atoms with Gasteiger partial charge < -0.3 is 15.0 Å². The number of hydrogen-bond donors (Lipinski definition) is 1. The molecule has 3 rings (SSSR count). The van der Waals surface area contributed by atoms with Crippen molar-refractivity contribution in [2.24, 2.45) is 5.92 Å². The lowest BCUT2D eigenvalue weighted by atomic mass is 10.1. The van der Waals surface area contributed by atoms with Crippen LogP contribution in [0.5, 0.6) is 0 Å². The van der Waals surface area contributed by atoms with Gasteiger partial charge in [0.25, 0.3) is 0 Å². The molecule has 1 aromatic carbocycles. The zero-order chi connectivity index (χ0) is 17.8. The molecule has 2 heterocycles. The second kappa shape index (κ2) is 8.36. The molecule has 0 aliphatic carbocycles. The van der Waals surface area contributed by atoms with Gasteiger partial charge in [-0.3, -0.25) is 14.5 Å². The van der Waals surface area contributed by atoms with Crippen molar-refractivity contribution in [1.29, 1.82) is 0 Å². The van der Waals surface area contributed by atoms with Crippen molar-refractivity contribution >= 4 is 40.7 Å². The van der Waals surface area contributed by atoms with E-state index in [0.717, 1.165) is 32.8 Å². The molecule has 0 spiro atoms. The van der Waals surface area contributed by atoms with Gasteiger partial charge in [-0.1, -0.05) is 23.2 Å². The summed E-state index contributed by atoms with van der Waals surface area (Å²) < 4.78 is 5.30. The molecular weight excluding hydrogens is 365 g/mol. The van der Waals surface area contributed by atoms with Crippen LogP contribution in [0.3, 0.4) is 0 Å². The quantitative estimate of drug-likeness (QED) is 0.839. The van der Waals surface area contributed by atoms with E-state index in [4.69, 9.17) is 27.9 Å². The summed E-state index contributed by atoms with van der Waals surface area (Å²) in [6.45, 7) is 4.93. The van der Waals surface area contributed by atoms with Crippen molar-refractivity contribution in [2.45, 2.75) is 6.42 Å². The van der Waals surface area contributed by atoms with Gasteiger partial charge in [0, 0.05) is 44.2 Å². The first-order valence-electron chi connectivity index (χ1n) is 8.38. The van der Waals surface area contributed by atoms with Gasteiger partial charge in [0.15, 0.2) is 0 Å². The molecular formula is C17H21Cl2N3O3. The van der Waals surface area contributed by atoms with Crippen LogP contribution in [-0.4, -0.2) is 62.7 Å². The van der Waals surface area contributed by atoms with Crippen LogP contribution in [0.1, 0.15) is 6.42 Å². The Kier molecular flexibility index (Phi) is 6.17. The summed E-state index contributed by atoms with van der Waals surface area (Å²) >= 11 is 12.2. The van der Waals surface area contributed by atoms with E-state index in [1.165, 1.54) is 0 Å². The maximum absolute atomic E-state index is 12.4. The van der Waals surface area contributed by atoms with E-state index in [0.29, 0.717) is 28.8 Å². The Labute approximate surface area is 157 Å². The second-order valence-corrected chi connectivity index (χ2v) is 7.09. The Balaban J connectivity index is 1.52. The Morgan fingerprint density at radius 2 is 2.04 bits per heavy atom. The minimum atomic E-state index is -0.368. The molecule has 136 valence electrons. The Bertz CT molecular complexity index is 650. The number of nitrogens with one attached hydrogen (secondary N) is 1. The molecule has 2 amide bonds. The van der Waals surface area contributed by atoms with E-state index in [2.05, 4.69) is 10.2 Å². The number of amides is 2. The highest BCUT2D eigenvalue weighted by Gasteiger charge is 2.35. The molecule has 0 saturated carbocycles. The van der Waals surface area contributed by atoms with E-state index in [1.807, 2.05) is 0 Å². The van der Waals surface area contributed by atoms with Crippen molar-refractivity contribution in [3.8, 4) is 0 Å². The zero-order valence-corrected chi connectivity index (χ0v) is 15.4. The minimum Gasteiger partial charge on any atom is -0.379 e. The Hall–Kier alpha value is -1.34. The smallest absolute Gasteiger partial charge is 0.227 e. The Morgan fingerprint density at radius 1 is 1.28 bits per heavy atom. The van der Waals surface area contributed by atoms with Gasteiger partial charge in [-0.05, 0) is 18.2 Å². The number of carbonyl (C=O) groups excluding carboxylic acids is 2. The van der Waals surface area contributed by atoms with Crippen LogP contribution in [-0.2, 0) is 14.3 Å². The fourth-order valence-corrected chi connectivity index (χ4v) is 3.50. The fourth-order valence-electron chi connectivity index (χ4n) is 3.12. The van der Waals surface area contributed by atoms with Gasteiger partial charge in [0.1, 0.15) is 0 Å². The summed E-state index contributed by atoms with van der Waals surface area (Å²) in [6, 6.07) is 4.98. The molecule has 25 heavy (non-hydrogen) atoms. The molecule has 2 aliphatic rings. The average Bonchev–Trinajstić information content (AvgIpc) is 3.00. The van der Waals surface area contributed by atoms with Crippen molar-refractivity contribution in [2.75, 3.05) is 50.8 Å². The van der Waals surface area contributed by atoms with E-state index in [9.17, 15) is 9.59 Å². The van der Waals surface area contributed by atoms with E-state index in [-0.39, 0.29) is 24.2 Å². The Morgan fingerprint density at radius 3 is 2.80 bits per heavy atom. The van der Waals surface area contributed by atoms with Crippen molar-refractivity contribution < 1.29 is 14.3 Å². The molecule has 0 bridgehead atoms. The third kappa shape index (κ3) is 4.64. The van der Waals surface area contributed by atoms with Crippen LogP contribution >= 0.6 is 23.2 Å². The lowest BCUT2D eigenvalue weighted by Gasteiger charge is -2.26. The lowest BCUT2D eigenvalue weighted by molar-refractivity contribution is -0.126. The molecule has 0 radical (unpaired) electrons. The average molecular weight is 386 g/mol. The maximum Gasteiger partial charge on any atom is 0.227 e. The minimum absolute atomic E-state index is 0.0951.